The Balaban J connectivity index is 2.05. The molecule has 0 bridgehead atoms. The Kier molecular flexibility index (Phi) is 4.12. The molecule has 0 amide bonds. The van der Waals surface area contributed by atoms with Crippen LogP contribution in [0.5, 0.6) is 0 Å². The molecular formula is C15H26N2. The maximum Gasteiger partial charge on any atom is 0.0605 e. The molecule has 2 fully saturated rings. The smallest absolute Gasteiger partial charge is 0.0605 e. The number of hydrogen-bond acceptors (Lipinski definition) is 2. The van der Waals surface area contributed by atoms with Crippen molar-refractivity contribution in [1.29, 1.82) is 0 Å². The third-order valence-corrected chi connectivity index (χ3v) is 4.45. The van der Waals surface area contributed by atoms with E-state index in [1.165, 1.54) is 32.2 Å². The molecule has 2 aliphatic rings. The van der Waals surface area contributed by atoms with Gasteiger partial charge in [0.25, 0.3) is 0 Å². The number of hydrogen-bond donors (Lipinski definition) is 1. The second-order valence-corrected chi connectivity index (χ2v) is 6.01. The molecule has 1 unspecified atom stereocenters. The third-order valence-electron chi connectivity index (χ3n) is 4.45. The zero-order valence-corrected chi connectivity index (χ0v) is 11.6. The van der Waals surface area contributed by atoms with E-state index in [2.05, 4.69) is 35.9 Å². The van der Waals surface area contributed by atoms with Crippen molar-refractivity contribution >= 4 is 0 Å². The topological polar surface area (TPSA) is 15.3 Å². The first-order valence-electron chi connectivity index (χ1n) is 7.05. The lowest BCUT2D eigenvalue weighted by atomic mass is 9.89. The van der Waals surface area contributed by atoms with E-state index in [4.69, 9.17) is 0 Å². The second kappa shape index (κ2) is 5.42. The average Bonchev–Trinajstić information content (AvgIpc) is 2.74. The van der Waals surface area contributed by atoms with Crippen molar-refractivity contribution in [1.82, 2.24) is 10.2 Å². The summed E-state index contributed by atoms with van der Waals surface area (Å²) in [5, 5.41) is 3.84. The van der Waals surface area contributed by atoms with Gasteiger partial charge in [0.05, 0.1) is 6.54 Å². The summed E-state index contributed by atoms with van der Waals surface area (Å²) in [6, 6.07) is 0.655. The van der Waals surface area contributed by atoms with Gasteiger partial charge in [-0.2, -0.15) is 0 Å². The Bertz CT molecular complexity index is 305. The van der Waals surface area contributed by atoms with Crippen molar-refractivity contribution < 1.29 is 0 Å². The summed E-state index contributed by atoms with van der Waals surface area (Å²) in [5.74, 6) is 7.01. The predicted molar refractivity (Wildman–Crippen MR) is 72.9 cm³/mol. The SMILES string of the molecule is CC#CCN1CC2(CCCC2)NCC1C(C)C. The number of nitrogens with one attached hydrogen (secondary N) is 1. The number of rotatable bonds is 2. The van der Waals surface area contributed by atoms with E-state index in [0.717, 1.165) is 13.1 Å². The van der Waals surface area contributed by atoms with Crippen molar-refractivity contribution in [3.63, 3.8) is 0 Å². The van der Waals surface area contributed by atoms with Crippen LogP contribution < -0.4 is 5.32 Å². The van der Waals surface area contributed by atoms with Gasteiger partial charge in [-0.25, -0.2) is 0 Å². The van der Waals surface area contributed by atoms with Crippen LogP contribution in [0.1, 0.15) is 46.5 Å². The van der Waals surface area contributed by atoms with Crippen LogP contribution in [0.25, 0.3) is 0 Å². The van der Waals surface area contributed by atoms with E-state index < -0.39 is 0 Å². The third kappa shape index (κ3) is 2.84. The molecule has 2 heteroatoms. The van der Waals surface area contributed by atoms with Crippen LogP contribution in [-0.2, 0) is 0 Å². The van der Waals surface area contributed by atoms with Gasteiger partial charge in [0, 0.05) is 24.7 Å². The molecule has 1 spiro atoms. The van der Waals surface area contributed by atoms with E-state index in [-0.39, 0.29) is 0 Å². The largest absolute Gasteiger partial charge is 0.308 e. The first-order valence-corrected chi connectivity index (χ1v) is 7.05. The minimum atomic E-state index is 0.417. The van der Waals surface area contributed by atoms with Crippen LogP contribution in [0.2, 0.25) is 0 Å². The van der Waals surface area contributed by atoms with Crippen LogP contribution in [0.3, 0.4) is 0 Å². The molecule has 0 aromatic heterocycles. The zero-order chi connectivity index (χ0) is 12.3. The Morgan fingerprint density at radius 2 is 2.06 bits per heavy atom. The van der Waals surface area contributed by atoms with E-state index in [1.807, 2.05) is 6.92 Å². The van der Waals surface area contributed by atoms with E-state index >= 15 is 0 Å². The maximum absolute atomic E-state index is 3.84. The molecular weight excluding hydrogens is 208 g/mol. The Labute approximate surface area is 106 Å². The van der Waals surface area contributed by atoms with Gasteiger partial charge in [-0.15, -0.1) is 5.92 Å². The highest BCUT2D eigenvalue weighted by molar-refractivity contribution is 5.06. The van der Waals surface area contributed by atoms with E-state index in [0.29, 0.717) is 17.5 Å². The fourth-order valence-corrected chi connectivity index (χ4v) is 3.41. The van der Waals surface area contributed by atoms with Gasteiger partial charge in [-0.3, -0.25) is 4.90 Å². The first kappa shape index (κ1) is 12.9. The fourth-order valence-electron chi connectivity index (χ4n) is 3.41. The lowest BCUT2D eigenvalue weighted by Gasteiger charge is -2.47. The molecule has 1 saturated carbocycles. The molecule has 96 valence electrons. The van der Waals surface area contributed by atoms with Gasteiger partial charge in [0.15, 0.2) is 0 Å². The zero-order valence-electron chi connectivity index (χ0n) is 11.6. The van der Waals surface area contributed by atoms with Crippen LogP contribution >= 0.6 is 0 Å². The molecule has 0 radical (unpaired) electrons. The Morgan fingerprint density at radius 1 is 1.35 bits per heavy atom. The number of nitrogens with zero attached hydrogens (tertiary/aromatic N) is 1. The van der Waals surface area contributed by atoms with Crippen LogP contribution in [0.4, 0.5) is 0 Å². The fraction of sp³-hybridized carbons (Fsp3) is 0.867. The summed E-state index contributed by atoms with van der Waals surface area (Å²) in [5.41, 5.74) is 0.417. The lowest BCUT2D eigenvalue weighted by molar-refractivity contribution is 0.0690. The Hall–Kier alpha value is -0.520. The van der Waals surface area contributed by atoms with Gasteiger partial charge in [-0.05, 0) is 25.7 Å². The van der Waals surface area contributed by atoms with E-state index in [1.54, 1.807) is 0 Å². The van der Waals surface area contributed by atoms with Crippen LogP contribution in [0.15, 0.2) is 0 Å². The van der Waals surface area contributed by atoms with Crippen molar-refractivity contribution in [2.24, 2.45) is 5.92 Å². The molecule has 1 saturated heterocycles. The van der Waals surface area contributed by atoms with Crippen molar-refractivity contribution in [2.45, 2.75) is 58.0 Å². The monoisotopic (exact) mass is 234 g/mol. The highest BCUT2D eigenvalue weighted by atomic mass is 15.3. The molecule has 1 atom stereocenters. The lowest BCUT2D eigenvalue weighted by Crippen LogP contribution is -2.64. The minimum Gasteiger partial charge on any atom is -0.308 e. The van der Waals surface area contributed by atoms with Gasteiger partial charge in [0.2, 0.25) is 0 Å². The first-order chi connectivity index (χ1) is 8.17. The molecule has 0 aromatic carbocycles. The predicted octanol–water partition coefficient (Wildman–Crippen LogP) is 2.25. The van der Waals surface area contributed by atoms with Gasteiger partial charge in [-0.1, -0.05) is 32.6 Å². The van der Waals surface area contributed by atoms with Crippen molar-refractivity contribution in [3.8, 4) is 11.8 Å². The molecule has 1 aliphatic carbocycles. The summed E-state index contributed by atoms with van der Waals surface area (Å²) in [6.45, 7) is 9.88. The summed E-state index contributed by atoms with van der Waals surface area (Å²) in [7, 11) is 0. The number of piperazine rings is 1. The molecule has 1 heterocycles. The molecule has 17 heavy (non-hydrogen) atoms. The maximum atomic E-state index is 3.84. The highest BCUT2D eigenvalue weighted by Gasteiger charge is 2.41. The minimum absolute atomic E-state index is 0.417. The normalized spacial score (nSPS) is 28.4. The second-order valence-electron chi connectivity index (χ2n) is 6.01. The molecule has 0 aromatic rings. The molecule has 1 N–H and O–H groups in total. The highest BCUT2D eigenvalue weighted by Crippen LogP contribution is 2.34. The summed E-state index contributed by atoms with van der Waals surface area (Å²) >= 11 is 0. The van der Waals surface area contributed by atoms with Crippen molar-refractivity contribution in [2.75, 3.05) is 19.6 Å². The molecule has 1 aliphatic heterocycles. The Morgan fingerprint density at radius 3 is 2.65 bits per heavy atom. The molecule has 2 nitrogen and oxygen atoms in total. The van der Waals surface area contributed by atoms with Gasteiger partial charge in [0.1, 0.15) is 0 Å². The van der Waals surface area contributed by atoms with Crippen LogP contribution in [-0.4, -0.2) is 36.1 Å². The molecule has 2 rings (SSSR count). The van der Waals surface area contributed by atoms with E-state index in [9.17, 15) is 0 Å². The average molecular weight is 234 g/mol. The van der Waals surface area contributed by atoms with Gasteiger partial charge >= 0.3 is 0 Å². The standard InChI is InChI=1S/C15H26N2/c1-4-5-10-17-12-15(8-6-7-9-15)16-11-14(17)13(2)3/h13-14,16H,6-12H2,1-3H3. The summed E-state index contributed by atoms with van der Waals surface area (Å²) < 4.78 is 0. The quantitative estimate of drug-likeness (QED) is 0.737. The van der Waals surface area contributed by atoms with Gasteiger partial charge < -0.3 is 5.32 Å². The van der Waals surface area contributed by atoms with Crippen LogP contribution in [0, 0.1) is 17.8 Å². The summed E-state index contributed by atoms with van der Waals surface area (Å²) in [4.78, 5) is 2.61. The summed E-state index contributed by atoms with van der Waals surface area (Å²) in [6.07, 6.45) is 5.50. The van der Waals surface area contributed by atoms with Crippen molar-refractivity contribution in [3.05, 3.63) is 0 Å².